The Morgan fingerprint density at radius 1 is 0.933 bits per heavy atom. The molecule has 0 bridgehead atoms. The number of piperazine rings is 1. The molecule has 1 saturated carbocycles. The third-order valence-electron chi connectivity index (χ3n) is 8.68. The fourth-order valence-corrected chi connectivity index (χ4v) is 6.30. The van der Waals surface area contributed by atoms with E-state index in [1.54, 1.807) is 29.2 Å². The van der Waals surface area contributed by atoms with Gasteiger partial charge in [-0.05, 0) is 68.2 Å². The highest BCUT2D eigenvalue weighted by Gasteiger charge is 2.26. The van der Waals surface area contributed by atoms with Crippen LogP contribution in [0.2, 0.25) is 0 Å². The van der Waals surface area contributed by atoms with Crippen molar-refractivity contribution in [2.24, 2.45) is 0 Å². The average molecular weight is 609 g/mol. The zero-order chi connectivity index (χ0) is 31.5. The van der Waals surface area contributed by atoms with Crippen LogP contribution in [0.25, 0.3) is 17.1 Å². The molecule has 4 heterocycles. The average Bonchev–Trinajstić information content (AvgIpc) is 3.59. The van der Waals surface area contributed by atoms with Gasteiger partial charge in [0.25, 0.3) is 11.5 Å². The lowest BCUT2D eigenvalue weighted by atomic mass is 10.0. The van der Waals surface area contributed by atoms with Crippen molar-refractivity contribution in [3.8, 4) is 0 Å². The van der Waals surface area contributed by atoms with Gasteiger partial charge in [-0.3, -0.25) is 24.2 Å². The number of ketones is 1. The quantitative estimate of drug-likeness (QED) is 0.114. The van der Waals surface area contributed by atoms with Crippen LogP contribution in [0.3, 0.4) is 0 Å². The molecular weight excluding hydrogens is 572 g/mol. The van der Waals surface area contributed by atoms with Gasteiger partial charge in [-0.15, -0.1) is 0 Å². The highest BCUT2D eigenvalue weighted by Crippen LogP contribution is 2.32. The lowest BCUT2D eigenvalue weighted by molar-refractivity contribution is -0.124. The molecule has 0 spiro atoms. The molecule has 0 radical (unpaired) electrons. The van der Waals surface area contributed by atoms with Gasteiger partial charge in [-0.1, -0.05) is 25.0 Å². The Kier molecular flexibility index (Phi) is 8.56. The molecule has 232 valence electrons. The summed E-state index contributed by atoms with van der Waals surface area (Å²) in [6, 6.07) is 11.9. The van der Waals surface area contributed by atoms with E-state index in [-0.39, 0.29) is 22.9 Å². The summed E-state index contributed by atoms with van der Waals surface area (Å²) < 4.78 is 1.71. The first-order valence-corrected chi connectivity index (χ1v) is 15.2. The monoisotopic (exact) mass is 608 g/mol. The Bertz CT molecular complexity index is 1800. The first-order chi connectivity index (χ1) is 21.8. The van der Waals surface area contributed by atoms with Crippen molar-refractivity contribution < 1.29 is 14.8 Å². The molecule has 3 N–H and O–H groups in total. The predicted octanol–water partition coefficient (Wildman–Crippen LogP) is 4.40. The van der Waals surface area contributed by atoms with E-state index < -0.39 is 5.91 Å². The summed E-state index contributed by atoms with van der Waals surface area (Å²) in [5.41, 5.74) is 5.68. The van der Waals surface area contributed by atoms with Crippen LogP contribution >= 0.6 is 0 Å². The molecule has 6 rings (SSSR count). The SMILES string of the molecule is CC(=O)c1c(C)c2cnc(Nc3ccc(N4CCN(c5ccc(/C=C/C(=O)NO)cc5)CC4)cn3)nc2n(C2CCCC2)c1=O. The number of hydroxylamine groups is 1. The first kappa shape index (κ1) is 29.9. The Morgan fingerprint density at radius 3 is 2.22 bits per heavy atom. The standard InChI is InChI=1S/C33H36N8O4/c1-21-27-20-35-33(37-31(27)41(25-5-3-4-6-25)32(44)30(21)22(2)42)36-28-13-12-26(19-34-28)40-17-15-39(16-18-40)24-10-7-23(8-11-24)9-14-29(43)38-45/h7-14,19-20,25,45H,3-6,15-18H2,1-2H3,(H,38,43)(H,34,35,36,37)/b14-9+. The normalized spacial score (nSPS) is 15.6. The van der Waals surface area contributed by atoms with Crippen LogP contribution in [-0.2, 0) is 4.79 Å². The maximum atomic E-state index is 13.5. The molecule has 0 atom stereocenters. The Labute approximate surface area is 260 Å². The third kappa shape index (κ3) is 6.27. The van der Waals surface area contributed by atoms with Gasteiger partial charge in [0.15, 0.2) is 5.78 Å². The number of nitrogens with one attached hydrogen (secondary N) is 2. The van der Waals surface area contributed by atoms with Crippen LogP contribution < -0.4 is 26.2 Å². The molecule has 1 amide bonds. The van der Waals surface area contributed by atoms with E-state index in [9.17, 15) is 14.4 Å². The van der Waals surface area contributed by atoms with E-state index in [0.717, 1.165) is 68.8 Å². The number of carbonyl (C=O) groups is 2. The van der Waals surface area contributed by atoms with Crippen LogP contribution in [0, 0.1) is 6.92 Å². The Morgan fingerprint density at radius 2 is 1.60 bits per heavy atom. The number of aromatic nitrogens is 4. The molecule has 3 aromatic heterocycles. The second-order valence-electron chi connectivity index (χ2n) is 11.5. The summed E-state index contributed by atoms with van der Waals surface area (Å²) in [4.78, 5) is 55.5. The van der Waals surface area contributed by atoms with Gasteiger partial charge in [0.2, 0.25) is 5.95 Å². The smallest absolute Gasteiger partial charge is 0.267 e. The van der Waals surface area contributed by atoms with Gasteiger partial charge < -0.3 is 15.1 Å². The van der Waals surface area contributed by atoms with Crippen molar-refractivity contribution in [2.75, 3.05) is 41.3 Å². The van der Waals surface area contributed by atoms with Gasteiger partial charge >= 0.3 is 0 Å². The second kappa shape index (κ2) is 12.9. The van der Waals surface area contributed by atoms with Crippen LogP contribution in [0.1, 0.15) is 60.1 Å². The van der Waals surface area contributed by atoms with Gasteiger partial charge in [-0.2, -0.15) is 4.98 Å². The summed E-state index contributed by atoms with van der Waals surface area (Å²) >= 11 is 0. The summed E-state index contributed by atoms with van der Waals surface area (Å²) in [5.74, 6) is 0.126. The van der Waals surface area contributed by atoms with Crippen LogP contribution in [0.4, 0.5) is 23.1 Å². The number of fused-ring (bicyclic) bond motifs is 1. The van der Waals surface area contributed by atoms with Gasteiger partial charge in [0.05, 0.1) is 17.4 Å². The minimum absolute atomic E-state index is 0.0166. The van der Waals surface area contributed by atoms with Crippen molar-refractivity contribution in [3.05, 3.63) is 81.9 Å². The van der Waals surface area contributed by atoms with Crippen LogP contribution in [0.5, 0.6) is 0 Å². The van der Waals surface area contributed by atoms with E-state index in [1.165, 1.54) is 13.0 Å². The number of amides is 1. The molecule has 12 heteroatoms. The fraction of sp³-hybridized carbons (Fsp3) is 0.333. The maximum Gasteiger partial charge on any atom is 0.267 e. The molecule has 2 fully saturated rings. The zero-order valence-electron chi connectivity index (χ0n) is 25.4. The number of anilines is 4. The third-order valence-corrected chi connectivity index (χ3v) is 8.68. The number of Topliss-reactive ketones (excluding diaryl/α,β-unsaturated/α-hetero) is 1. The number of hydrogen-bond acceptors (Lipinski definition) is 10. The van der Waals surface area contributed by atoms with Crippen LogP contribution in [-0.4, -0.2) is 62.6 Å². The molecule has 0 unspecified atom stereocenters. The number of aryl methyl sites for hydroxylation is 1. The molecule has 1 aliphatic heterocycles. The molecule has 45 heavy (non-hydrogen) atoms. The maximum absolute atomic E-state index is 13.5. The molecule has 4 aromatic rings. The number of benzene rings is 1. The Balaban J connectivity index is 1.13. The minimum Gasteiger partial charge on any atom is -0.368 e. The van der Waals surface area contributed by atoms with E-state index in [1.807, 2.05) is 42.6 Å². The van der Waals surface area contributed by atoms with E-state index in [4.69, 9.17) is 10.2 Å². The molecule has 12 nitrogen and oxygen atoms in total. The number of hydrogen-bond donors (Lipinski definition) is 3. The second-order valence-corrected chi connectivity index (χ2v) is 11.5. The lowest BCUT2D eigenvalue weighted by Gasteiger charge is -2.37. The lowest BCUT2D eigenvalue weighted by Crippen LogP contribution is -2.46. The number of nitrogens with zero attached hydrogens (tertiary/aromatic N) is 6. The number of pyridine rings is 2. The van der Waals surface area contributed by atoms with Crippen molar-refractivity contribution in [2.45, 2.75) is 45.6 Å². The fourth-order valence-electron chi connectivity index (χ4n) is 6.30. The largest absolute Gasteiger partial charge is 0.368 e. The number of carbonyl (C=O) groups excluding carboxylic acids is 2. The zero-order valence-corrected chi connectivity index (χ0v) is 25.4. The highest BCUT2D eigenvalue weighted by molar-refractivity contribution is 5.99. The van der Waals surface area contributed by atoms with Crippen molar-refractivity contribution in [1.29, 1.82) is 0 Å². The van der Waals surface area contributed by atoms with Gasteiger partial charge in [0.1, 0.15) is 11.5 Å². The molecule has 1 aliphatic carbocycles. The summed E-state index contributed by atoms with van der Waals surface area (Å²) in [6.07, 6.45) is 10.3. The highest BCUT2D eigenvalue weighted by atomic mass is 16.5. The predicted molar refractivity (Wildman–Crippen MR) is 173 cm³/mol. The van der Waals surface area contributed by atoms with Gasteiger partial charge in [0, 0.05) is 55.6 Å². The van der Waals surface area contributed by atoms with E-state index in [2.05, 4.69) is 25.1 Å². The molecular formula is C33H36N8O4. The van der Waals surface area contributed by atoms with Crippen LogP contribution in [0.15, 0.2) is 59.7 Å². The molecule has 1 saturated heterocycles. The summed E-state index contributed by atoms with van der Waals surface area (Å²) in [7, 11) is 0. The topological polar surface area (TPSA) is 146 Å². The summed E-state index contributed by atoms with van der Waals surface area (Å²) in [6.45, 7) is 6.58. The minimum atomic E-state index is -0.568. The van der Waals surface area contributed by atoms with Crippen molar-refractivity contribution in [3.63, 3.8) is 0 Å². The molecule has 2 aliphatic rings. The first-order valence-electron chi connectivity index (χ1n) is 15.2. The number of rotatable bonds is 8. The van der Waals surface area contributed by atoms with E-state index >= 15 is 0 Å². The van der Waals surface area contributed by atoms with Gasteiger partial charge in [-0.25, -0.2) is 15.4 Å². The van der Waals surface area contributed by atoms with E-state index in [0.29, 0.717) is 28.4 Å². The Hall–Kier alpha value is -5.10. The summed E-state index contributed by atoms with van der Waals surface area (Å²) in [5, 5.41) is 12.5. The van der Waals surface area contributed by atoms with Crippen molar-refractivity contribution in [1.82, 2.24) is 25.0 Å². The molecule has 1 aromatic carbocycles. The van der Waals surface area contributed by atoms with Crippen molar-refractivity contribution >= 4 is 51.9 Å².